The van der Waals surface area contributed by atoms with Crippen molar-refractivity contribution < 1.29 is 5.11 Å². The lowest BCUT2D eigenvalue weighted by Gasteiger charge is -2.50. The van der Waals surface area contributed by atoms with Crippen LogP contribution in [0.3, 0.4) is 0 Å². The highest BCUT2D eigenvalue weighted by molar-refractivity contribution is 5.01. The summed E-state index contributed by atoms with van der Waals surface area (Å²) in [6.07, 6.45) is 2.15. The lowest BCUT2D eigenvalue weighted by molar-refractivity contribution is -0.0731. The molecule has 1 saturated heterocycles. The number of rotatable bonds is 4. The smallest absolute Gasteiger partial charge is 0.0621 e. The molecule has 16 heavy (non-hydrogen) atoms. The fraction of sp³-hybridized carbons (Fsp3) is 1.00. The predicted octanol–water partition coefficient (Wildman–Crippen LogP) is 1.08. The van der Waals surface area contributed by atoms with Crippen molar-refractivity contribution in [2.45, 2.75) is 45.8 Å². The number of nitrogens with one attached hydrogen (secondary N) is 1. The van der Waals surface area contributed by atoms with Gasteiger partial charge < -0.3 is 15.3 Å². The maximum absolute atomic E-state index is 9.67. The molecule has 1 aliphatic carbocycles. The molecule has 1 saturated carbocycles. The molecule has 3 nitrogen and oxygen atoms in total. The first-order valence-corrected chi connectivity index (χ1v) is 6.67. The van der Waals surface area contributed by atoms with Gasteiger partial charge in [-0.2, -0.15) is 0 Å². The van der Waals surface area contributed by atoms with E-state index in [2.05, 4.69) is 31.0 Å². The molecule has 3 unspecified atom stereocenters. The third kappa shape index (κ3) is 2.27. The molecule has 0 bridgehead atoms. The van der Waals surface area contributed by atoms with Crippen molar-refractivity contribution in [3.63, 3.8) is 0 Å². The van der Waals surface area contributed by atoms with E-state index in [0.717, 1.165) is 18.9 Å². The molecule has 1 aliphatic heterocycles. The monoisotopic (exact) mass is 226 g/mol. The summed E-state index contributed by atoms with van der Waals surface area (Å²) in [6, 6.07) is 0.512. The largest absolute Gasteiger partial charge is 0.392 e. The zero-order valence-corrected chi connectivity index (χ0v) is 10.9. The number of hydrogen-bond acceptors (Lipinski definition) is 3. The highest BCUT2D eigenvalue weighted by Gasteiger charge is 2.47. The van der Waals surface area contributed by atoms with Crippen LogP contribution in [0.25, 0.3) is 0 Å². The van der Waals surface area contributed by atoms with E-state index in [0.29, 0.717) is 6.04 Å². The second-order valence-corrected chi connectivity index (χ2v) is 6.08. The molecule has 2 aliphatic rings. The Bertz CT molecular complexity index is 242. The van der Waals surface area contributed by atoms with Crippen LogP contribution in [-0.4, -0.2) is 48.3 Å². The Labute approximate surface area is 99.2 Å². The van der Waals surface area contributed by atoms with E-state index in [1.54, 1.807) is 0 Å². The number of likely N-dealkylation sites (tertiary alicyclic amines) is 1. The minimum absolute atomic E-state index is 0.0725. The Balaban J connectivity index is 1.69. The predicted molar refractivity (Wildman–Crippen MR) is 66.4 cm³/mol. The fourth-order valence-electron chi connectivity index (χ4n) is 2.92. The Morgan fingerprint density at radius 1 is 1.44 bits per heavy atom. The second kappa shape index (κ2) is 4.63. The quantitative estimate of drug-likeness (QED) is 0.753. The molecule has 3 heteroatoms. The van der Waals surface area contributed by atoms with Gasteiger partial charge in [-0.25, -0.2) is 0 Å². The summed E-state index contributed by atoms with van der Waals surface area (Å²) in [6.45, 7) is 11.4. The van der Waals surface area contributed by atoms with Crippen LogP contribution >= 0.6 is 0 Å². The van der Waals surface area contributed by atoms with E-state index in [4.69, 9.17) is 0 Å². The molecule has 2 rings (SSSR count). The summed E-state index contributed by atoms with van der Waals surface area (Å²) < 4.78 is 0. The Hall–Kier alpha value is -0.120. The van der Waals surface area contributed by atoms with Gasteiger partial charge in [0, 0.05) is 18.0 Å². The van der Waals surface area contributed by atoms with Crippen LogP contribution in [0.1, 0.15) is 33.6 Å². The van der Waals surface area contributed by atoms with Gasteiger partial charge in [-0.05, 0) is 38.4 Å². The van der Waals surface area contributed by atoms with E-state index in [9.17, 15) is 5.11 Å². The van der Waals surface area contributed by atoms with Crippen LogP contribution in [0, 0.1) is 11.3 Å². The number of hydrogen-bond donors (Lipinski definition) is 2. The zero-order chi connectivity index (χ0) is 11.8. The first-order chi connectivity index (χ1) is 7.54. The second-order valence-electron chi connectivity index (χ2n) is 6.08. The van der Waals surface area contributed by atoms with Crippen LogP contribution in [0.4, 0.5) is 0 Å². The molecule has 1 heterocycles. The summed E-state index contributed by atoms with van der Waals surface area (Å²) in [5.41, 5.74) is 0.0725. The Morgan fingerprint density at radius 3 is 2.69 bits per heavy atom. The van der Waals surface area contributed by atoms with Crippen molar-refractivity contribution in [2.75, 3.05) is 26.2 Å². The Morgan fingerprint density at radius 2 is 2.19 bits per heavy atom. The van der Waals surface area contributed by atoms with Crippen molar-refractivity contribution in [2.24, 2.45) is 11.3 Å². The van der Waals surface area contributed by atoms with Gasteiger partial charge in [-0.15, -0.1) is 0 Å². The zero-order valence-electron chi connectivity index (χ0n) is 10.9. The van der Waals surface area contributed by atoms with Crippen molar-refractivity contribution in [1.29, 1.82) is 0 Å². The molecular weight excluding hydrogens is 200 g/mol. The molecule has 0 spiro atoms. The average Bonchev–Trinajstić information content (AvgIpc) is 2.71. The first kappa shape index (κ1) is 12.3. The van der Waals surface area contributed by atoms with Gasteiger partial charge in [-0.1, -0.05) is 20.8 Å². The minimum atomic E-state index is -0.110. The van der Waals surface area contributed by atoms with Gasteiger partial charge in [0.05, 0.1) is 6.10 Å². The van der Waals surface area contributed by atoms with E-state index >= 15 is 0 Å². The highest BCUT2D eigenvalue weighted by Crippen LogP contribution is 2.40. The van der Waals surface area contributed by atoms with Crippen molar-refractivity contribution >= 4 is 0 Å². The molecule has 0 amide bonds. The van der Waals surface area contributed by atoms with Gasteiger partial charge in [0.15, 0.2) is 0 Å². The van der Waals surface area contributed by atoms with Gasteiger partial charge in [-0.3, -0.25) is 0 Å². The average molecular weight is 226 g/mol. The molecule has 2 N–H and O–H groups in total. The maximum atomic E-state index is 9.67. The molecule has 3 atom stereocenters. The molecule has 0 aromatic heterocycles. The number of aliphatic hydroxyl groups excluding tert-OH is 1. The SMILES string of the molecule is CCN1CCC(CNC2CC(O)C2(C)C)C1. The van der Waals surface area contributed by atoms with Crippen molar-refractivity contribution in [3.05, 3.63) is 0 Å². The number of nitrogens with zero attached hydrogens (tertiary/aromatic N) is 1. The van der Waals surface area contributed by atoms with Crippen LogP contribution in [0.5, 0.6) is 0 Å². The van der Waals surface area contributed by atoms with Gasteiger partial charge in [0.2, 0.25) is 0 Å². The lowest BCUT2D eigenvalue weighted by Crippen LogP contribution is -2.60. The van der Waals surface area contributed by atoms with Gasteiger partial charge in [0.1, 0.15) is 0 Å². The fourth-order valence-corrected chi connectivity index (χ4v) is 2.92. The standard InChI is InChI=1S/C13H26N2O/c1-4-15-6-5-10(9-15)8-14-11-7-12(16)13(11,2)3/h10-12,14,16H,4-9H2,1-3H3. The van der Waals surface area contributed by atoms with Crippen molar-refractivity contribution in [1.82, 2.24) is 10.2 Å². The topological polar surface area (TPSA) is 35.5 Å². The van der Waals surface area contributed by atoms with E-state index in [1.807, 2.05) is 0 Å². The van der Waals surface area contributed by atoms with Crippen LogP contribution in [0.2, 0.25) is 0 Å². The summed E-state index contributed by atoms with van der Waals surface area (Å²) in [5.74, 6) is 0.813. The summed E-state index contributed by atoms with van der Waals surface area (Å²) in [4.78, 5) is 2.52. The molecule has 0 aromatic carbocycles. The van der Waals surface area contributed by atoms with Gasteiger partial charge in [0.25, 0.3) is 0 Å². The highest BCUT2D eigenvalue weighted by atomic mass is 16.3. The van der Waals surface area contributed by atoms with E-state index < -0.39 is 0 Å². The van der Waals surface area contributed by atoms with E-state index in [-0.39, 0.29) is 11.5 Å². The summed E-state index contributed by atoms with van der Waals surface area (Å²) in [7, 11) is 0. The minimum Gasteiger partial charge on any atom is -0.392 e. The first-order valence-electron chi connectivity index (χ1n) is 6.67. The number of aliphatic hydroxyl groups is 1. The van der Waals surface area contributed by atoms with Crippen molar-refractivity contribution in [3.8, 4) is 0 Å². The van der Waals surface area contributed by atoms with Crippen LogP contribution < -0.4 is 5.32 Å². The van der Waals surface area contributed by atoms with Gasteiger partial charge >= 0.3 is 0 Å². The van der Waals surface area contributed by atoms with Crippen LogP contribution in [0.15, 0.2) is 0 Å². The van der Waals surface area contributed by atoms with E-state index in [1.165, 1.54) is 26.1 Å². The summed E-state index contributed by atoms with van der Waals surface area (Å²) in [5, 5.41) is 13.3. The third-order valence-corrected chi connectivity index (χ3v) is 4.69. The van der Waals surface area contributed by atoms with Crippen LogP contribution in [-0.2, 0) is 0 Å². The lowest BCUT2D eigenvalue weighted by atomic mass is 9.64. The molecule has 94 valence electrons. The maximum Gasteiger partial charge on any atom is 0.0621 e. The summed E-state index contributed by atoms with van der Waals surface area (Å²) >= 11 is 0. The normalized spacial score (nSPS) is 38.6. The third-order valence-electron chi connectivity index (χ3n) is 4.69. The molecule has 2 fully saturated rings. The molecular formula is C13H26N2O. The Kier molecular flexibility index (Phi) is 3.57. The molecule has 0 radical (unpaired) electrons. The molecule has 0 aromatic rings.